The molecule has 1 aliphatic heterocycles. The lowest BCUT2D eigenvalue weighted by molar-refractivity contribution is -0.312. The number of hydrogen-bond donors (Lipinski definition) is 1. The standard InChI is InChI=1S/C24H28N2O8S/c1-30-24-23(32-15-19-10-6-3-7-11-19)22(31-14-18-8-4-2-5-9-18)21(27)20(34-24)16-33-35(28,29)26-13-12-25-17-26/h2-13,17,20-24,27H,14-16H2,1H3/t20-,21+,22+,23-,24+/m1/s1. The van der Waals surface area contributed by atoms with E-state index in [9.17, 15) is 13.5 Å². The van der Waals surface area contributed by atoms with E-state index >= 15 is 0 Å². The average Bonchev–Trinajstić information content (AvgIpc) is 3.44. The van der Waals surface area contributed by atoms with Gasteiger partial charge in [0.15, 0.2) is 6.29 Å². The number of imidazole rings is 1. The van der Waals surface area contributed by atoms with E-state index in [-0.39, 0.29) is 13.2 Å². The quantitative estimate of drug-likeness (QED) is 0.418. The van der Waals surface area contributed by atoms with Gasteiger partial charge in [-0.15, -0.1) is 0 Å². The van der Waals surface area contributed by atoms with Gasteiger partial charge in [0, 0.05) is 19.5 Å². The number of aliphatic hydroxyl groups excluding tert-OH is 1. The van der Waals surface area contributed by atoms with Crippen molar-refractivity contribution in [2.75, 3.05) is 13.7 Å². The van der Waals surface area contributed by atoms with E-state index in [1.54, 1.807) is 0 Å². The van der Waals surface area contributed by atoms with Crippen LogP contribution >= 0.6 is 0 Å². The van der Waals surface area contributed by atoms with Gasteiger partial charge in [-0.05, 0) is 11.1 Å². The molecule has 1 saturated heterocycles. The first-order chi connectivity index (χ1) is 17.0. The van der Waals surface area contributed by atoms with Crippen LogP contribution in [-0.2, 0) is 46.6 Å². The molecular formula is C24H28N2O8S. The van der Waals surface area contributed by atoms with E-state index in [2.05, 4.69) is 4.98 Å². The van der Waals surface area contributed by atoms with Gasteiger partial charge in [0.1, 0.15) is 30.7 Å². The van der Waals surface area contributed by atoms with Crippen LogP contribution in [0.2, 0.25) is 0 Å². The fraction of sp³-hybridized carbons (Fsp3) is 0.375. The topological polar surface area (TPSA) is 118 Å². The molecule has 4 rings (SSSR count). The van der Waals surface area contributed by atoms with Crippen LogP contribution in [0.3, 0.4) is 0 Å². The van der Waals surface area contributed by atoms with E-state index in [4.69, 9.17) is 23.1 Å². The van der Waals surface area contributed by atoms with Crippen LogP contribution in [0.5, 0.6) is 0 Å². The highest BCUT2D eigenvalue weighted by atomic mass is 32.2. The highest BCUT2D eigenvalue weighted by Gasteiger charge is 2.47. The molecule has 0 spiro atoms. The Hall–Kier alpha value is -2.64. The molecule has 2 aromatic carbocycles. The molecule has 1 aliphatic rings. The van der Waals surface area contributed by atoms with Crippen molar-refractivity contribution in [3.63, 3.8) is 0 Å². The summed E-state index contributed by atoms with van der Waals surface area (Å²) in [6, 6.07) is 19.0. The van der Waals surface area contributed by atoms with Crippen molar-refractivity contribution in [1.82, 2.24) is 8.96 Å². The maximum Gasteiger partial charge on any atom is 0.367 e. The largest absolute Gasteiger partial charge is 0.387 e. The van der Waals surface area contributed by atoms with Gasteiger partial charge in [-0.2, -0.15) is 8.42 Å². The molecular weight excluding hydrogens is 476 g/mol. The predicted octanol–water partition coefficient (Wildman–Crippen LogP) is 1.90. The van der Waals surface area contributed by atoms with Crippen molar-refractivity contribution < 1.29 is 36.7 Å². The van der Waals surface area contributed by atoms with Crippen molar-refractivity contribution in [2.45, 2.75) is 43.9 Å². The summed E-state index contributed by atoms with van der Waals surface area (Å²) in [5.74, 6) is 0. The molecule has 0 saturated carbocycles. The number of nitrogens with zero attached hydrogens (tertiary/aromatic N) is 2. The zero-order valence-electron chi connectivity index (χ0n) is 19.1. The number of methoxy groups -OCH3 is 1. The first-order valence-electron chi connectivity index (χ1n) is 11.0. The van der Waals surface area contributed by atoms with Crippen LogP contribution in [0.15, 0.2) is 79.4 Å². The van der Waals surface area contributed by atoms with Crippen molar-refractivity contribution in [1.29, 1.82) is 0 Å². The molecule has 0 amide bonds. The van der Waals surface area contributed by atoms with Crippen molar-refractivity contribution >= 4 is 10.3 Å². The third-order valence-corrected chi connectivity index (χ3v) is 6.71. The van der Waals surface area contributed by atoms with Crippen LogP contribution in [0, 0.1) is 0 Å². The SMILES string of the molecule is CO[C@H]1O[C@H](COS(=O)(=O)n2ccnc2)[C@H](O)[C@H](OCc2ccccc2)[C@H]1OCc1ccccc1. The summed E-state index contributed by atoms with van der Waals surface area (Å²) in [6.07, 6.45) is -1.28. The predicted molar refractivity (Wildman–Crippen MR) is 124 cm³/mol. The summed E-state index contributed by atoms with van der Waals surface area (Å²) >= 11 is 0. The zero-order chi connectivity index (χ0) is 24.7. The molecule has 10 nitrogen and oxygen atoms in total. The Kier molecular flexibility index (Phi) is 8.63. The van der Waals surface area contributed by atoms with E-state index < -0.39 is 47.6 Å². The summed E-state index contributed by atoms with van der Waals surface area (Å²) in [4.78, 5) is 3.71. The van der Waals surface area contributed by atoms with Gasteiger partial charge in [-0.1, -0.05) is 60.7 Å². The van der Waals surface area contributed by atoms with Crippen LogP contribution in [0.4, 0.5) is 0 Å². The smallest absolute Gasteiger partial charge is 0.367 e. The molecule has 3 aromatic rings. The number of benzene rings is 2. The van der Waals surface area contributed by atoms with Crippen LogP contribution in [-0.4, -0.2) is 66.9 Å². The van der Waals surface area contributed by atoms with Crippen LogP contribution < -0.4 is 0 Å². The molecule has 0 aliphatic carbocycles. The van der Waals surface area contributed by atoms with Gasteiger partial charge in [0.2, 0.25) is 0 Å². The lowest BCUT2D eigenvalue weighted by atomic mass is 9.98. The Morgan fingerprint density at radius 3 is 2.11 bits per heavy atom. The molecule has 5 atom stereocenters. The molecule has 2 heterocycles. The lowest BCUT2D eigenvalue weighted by Crippen LogP contribution is -2.61. The lowest BCUT2D eigenvalue weighted by Gasteiger charge is -2.43. The maximum absolute atomic E-state index is 12.4. The highest BCUT2D eigenvalue weighted by Crippen LogP contribution is 2.28. The normalized spacial score (nSPS) is 24.9. The molecule has 1 fully saturated rings. The summed E-state index contributed by atoms with van der Waals surface area (Å²) in [6.45, 7) is -0.0218. The van der Waals surface area contributed by atoms with Gasteiger partial charge in [-0.25, -0.2) is 8.96 Å². The molecule has 35 heavy (non-hydrogen) atoms. The van der Waals surface area contributed by atoms with Crippen molar-refractivity contribution in [2.24, 2.45) is 0 Å². The second-order valence-corrected chi connectivity index (χ2v) is 9.44. The number of hydrogen-bond acceptors (Lipinski definition) is 9. The molecule has 11 heteroatoms. The Morgan fingerprint density at radius 2 is 1.57 bits per heavy atom. The van der Waals surface area contributed by atoms with E-state index in [1.807, 2.05) is 60.7 Å². The minimum Gasteiger partial charge on any atom is -0.387 e. The molecule has 1 N–H and O–H groups in total. The Morgan fingerprint density at radius 1 is 0.971 bits per heavy atom. The monoisotopic (exact) mass is 504 g/mol. The highest BCUT2D eigenvalue weighted by molar-refractivity contribution is 7.85. The van der Waals surface area contributed by atoms with E-state index in [0.29, 0.717) is 0 Å². The number of rotatable bonds is 11. The van der Waals surface area contributed by atoms with E-state index in [1.165, 1.54) is 19.5 Å². The Labute approximate surface area is 204 Å². The molecule has 0 bridgehead atoms. The van der Waals surface area contributed by atoms with Gasteiger partial charge >= 0.3 is 10.3 Å². The van der Waals surface area contributed by atoms with Gasteiger partial charge in [0.05, 0.1) is 19.8 Å². The maximum atomic E-state index is 12.4. The average molecular weight is 505 g/mol. The Balaban J connectivity index is 1.50. The summed E-state index contributed by atoms with van der Waals surface area (Å²) in [5.41, 5.74) is 1.83. The first kappa shape index (κ1) is 25.5. The molecule has 188 valence electrons. The van der Waals surface area contributed by atoms with Gasteiger partial charge in [-0.3, -0.25) is 4.18 Å². The van der Waals surface area contributed by atoms with Crippen molar-refractivity contribution in [3.8, 4) is 0 Å². The zero-order valence-corrected chi connectivity index (χ0v) is 19.9. The fourth-order valence-corrected chi connectivity index (χ4v) is 4.51. The first-order valence-corrected chi connectivity index (χ1v) is 12.4. The van der Waals surface area contributed by atoms with Gasteiger partial charge < -0.3 is 24.1 Å². The minimum absolute atomic E-state index is 0.200. The van der Waals surface area contributed by atoms with Crippen LogP contribution in [0.1, 0.15) is 11.1 Å². The number of aliphatic hydroxyl groups is 1. The molecule has 0 radical (unpaired) electrons. The van der Waals surface area contributed by atoms with E-state index in [0.717, 1.165) is 21.4 Å². The summed E-state index contributed by atoms with van der Waals surface area (Å²) < 4.78 is 54.2. The molecule has 1 aromatic heterocycles. The third kappa shape index (κ3) is 6.53. The summed E-state index contributed by atoms with van der Waals surface area (Å²) in [7, 11) is -2.71. The molecule has 0 unspecified atom stereocenters. The van der Waals surface area contributed by atoms with Crippen LogP contribution in [0.25, 0.3) is 0 Å². The fourth-order valence-electron chi connectivity index (χ4n) is 3.71. The number of ether oxygens (including phenoxy) is 4. The second-order valence-electron chi connectivity index (χ2n) is 7.93. The third-order valence-electron chi connectivity index (χ3n) is 5.54. The summed E-state index contributed by atoms with van der Waals surface area (Å²) in [5, 5.41) is 11.1. The van der Waals surface area contributed by atoms with Gasteiger partial charge in [0.25, 0.3) is 0 Å². The number of aromatic nitrogens is 2. The Bertz CT molecular complexity index is 1130. The minimum atomic E-state index is -4.15. The van der Waals surface area contributed by atoms with Crippen molar-refractivity contribution in [3.05, 3.63) is 90.5 Å². The second kappa shape index (κ2) is 11.9.